The van der Waals surface area contributed by atoms with Crippen molar-refractivity contribution in [3.63, 3.8) is 0 Å². The number of nitrogens with one attached hydrogen (secondary N) is 3. The van der Waals surface area contributed by atoms with Gasteiger partial charge < -0.3 is 16.4 Å². The van der Waals surface area contributed by atoms with Crippen molar-refractivity contribution >= 4 is 30.1 Å². The zero-order valence-electron chi connectivity index (χ0n) is 14.7. The Morgan fingerprint density at radius 2 is 1.54 bits per heavy atom. The van der Waals surface area contributed by atoms with Crippen LogP contribution in [0.5, 0.6) is 0 Å². The maximum atomic E-state index is 12.9. The van der Waals surface area contributed by atoms with Crippen LogP contribution < -0.4 is 16.4 Å². The fraction of sp³-hybridized carbons (Fsp3) is 0.500. The number of carbonyl (C=O) groups is 2. The summed E-state index contributed by atoms with van der Waals surface area (Å²) in [4.78, 5) is 27.2. The van der Waals surface area contributed by atoms with Gasteiger partial charge in [-0.2, -0.15) is 0 Å². The van der Waals surface area contributed by atoms with Gasteiger partial charge in [0.2, 0.25) is 11.8 Å². The van der Waals surface area contributed by atoms with E-state index in [4.69, 9.17) is 11.1 Å². The summed E-state index contributed by atoms with van der Waals surface area (Å²) < 4.78 is 0. The topological polar surface area (TPSA) is 111 Å². The molecule has 0 bridgehead atoms. The van der Waals surface area contributed by atoms with Crippen molar-refractivity contribution < 1.29 is 9.59 Å². The summed E-state index contributed by atoms with van der Waals surface area (Å²) in [7, 11) is 0. The van der Waals surface area contributed by atoms with Crippen LogP contribution in [0.1, 0.15) is 36.8 Å². The molecule has 8 heteroatoms. The molecule has 0 aromatic heterocycles. The summed E-state index contributed by atoms with van der Waals surface area (Å²) in [6, 6.07) is 6.56. The zero-order valence-corrected chi connectivity index (χ0v) is 15.5. The molecule has 2 atom stereocenters. The fourth-order valence-corrected chi connectivity index (χ4v) is 3.40. The van der Waals surface area contributed by atoms with Crippen LogP contribution in [-0.2, 0) is 16.1 Å². The molecule has 2 aliphatic rings. The molecule has 2 fully saturated rings. The van der Waals surface area contributed by atoms with E-state index in [0.717, 1.165) is 44.3 Å². The number of imide groups is 1. The number of benzene rings is 1. The minimum atomic E-state index is -0.276. The van der Waals surface area contributed by atoms with Gasteiger partial charge in [0, 0.05) is 5.56 Å². The first kappa shape index (κ1) is 20.4. The molecule has 0 spiro atoms. The summed E-state index contributed by atoms with van der Waals surface area (Å²) in [5.41, 5.74) is 6.95. The SMILES string of the molecule is Cl.N=C(N)c1ccc(CN(C(=O)[C@@H]2CCCN2)C(=O)[C@@H]2CCCN2)cc1. The Balaban J connectivity index is 0.00000243. The molecule has 2 amide bonds. The molecule has 2 heterocycles. The van der Waals surface area contributed by atoms with Crippen molar-refractivity contribution in [2.45, 2.75) is 44.3 Å². The molecule has 2 saturated heterocycles. The molecule has 0 unspecified atom stereocenters. The van der Waals surface area contributed by atoms with E-state index in [9.17, 15) is 9.59 Å². The summed E-state index contributed by atoms with van der Waals surface area (Å²) in [5.74, 6) is -0.292. The lowest BCUT2D eigenvalue weighted by Crippen LogP contribution is -2.51. The number of hydrogen-bond donors (Lipinski definition) is 4. The lowest BCUT2D eigenvalue weighted by atomic mass is 10.1. The van der Waals surface area contributed by atoms with E-state index in [2.05, 4.69) is 10.6 Å². The van der Waals surface area contributed by atoms with Crippen molar-refractivity contribution in [3.05, 3.63) is 35.4 Å². The molecule has 5 N–H and O–H groups in total. The van der Waals surface area contributed by atoms with Gasteiger partial charge in [0.1, 0.15) is 5.84 Å². The van der Waals surface area contributed by atoms with Crippen LogP contribution in [0.3, 0.4) is 0 Å². The van der Waals surface area contributed by atoms with Crippen LogP contribution in [-0.4, -0.2) is 47.7 Å². The van der Waals surface area contributed by atoms with E-state index in [0.29, 0.717) is 5.56 Å². The largest absolute Gasteiger partial charge is 0.384 e. The third-order valence-electron chi connectivity index (χ3n) is 4.85. The Morgan fingerprint density at radius 1 is 1.04 bits per heavy atom. The van der Waals surface area contributed by atoms with E-state index >= 15 is 0 Å². The van der Waals surface area contributed by atoms with Crippen LogP contribution in [0.25, 0.3) is 0 Å². The van der Waals surface area contributed by atoms with Crippen LogP contribution in [0.15, 0.2) is 24.3 Å². The minimum absolute atomic E-state index is 0. The Morgan fingerprint density at radius 3 is 1.92 bits per heavy atom. The van der Waals surface area contributed by atoms with Crippen molar-refractivity contribution in [2.24, 2.45) is 5.73 Å². The van der Waals surface area contributed by atoms with Gasteiger partial charge in [0.05, 0.1) is 18.6 Å². The van der Waals surface area contributed by atoms with E-state index < -0.39 is 0 Å². The first-order chi connectivity index (χ1) is 12.1. The fourth-order valence-electron chi connectivity index (χ4n) is 3.40. The second-order valence-corrected chi connectivity index (χ2v) is 6.67. The van der Waals surface area contributed by atoms with Gasteiger partial charge >= 0.3 is 0 Å². The minimum Gasteiger partial charge on any atom is -0.384 e. The average molecular weight is 380 g/mol. The number of hydrogen-bond acceptors (Lipinski definition) is 5. The predicted molar refractivity (Wildman–Crippen MR) is 102 cm³/mol. The molecule has 1 aromatic carbocycles. The molecule has 142 valence electrons. The number of halogens is 1. The smallest absolute Gasteiger partial charge is 0.246 e. The molecule has 0 radical (unpaired) electrons. The van der Waals surface area contributed by atoms with E-state index in [-0.39, 0.29) is 48.7 Å². The summed E-state index contributed by atoms with van der Waals surface area (Å²) in [5, 5.41) is 13.8. The number of nitrogen functional groups attached to an aromatic ring is 1. The lowest BCUT2D eigenvalue weighted by Gasteiger charge is -2.27. The van der Waals surface area contributed by atoms with E-state index in [1.54, 1.807) is 12.1 Å². The molecule has 0 saturated carbocycles. The van der Waals surface area contributed by atoms with Gasteiger partial charge in [-0.05, 0) is 44.3 Å². The molecule has 3 rings (SSSR count). The van der Waals surface area contributed by atoms with Crippen LogP contribution in [0.2, 0.25) is 0 Å². The van der Waals surface area contributed by atoms with Gasteiger partial charge in [-0.15, -0.1) is 12.4 Å². The molecular formula is C18H26ClN5O2. The zero-order chi connectivity index (χ0) is 17.8. The molecular weight excluding hydrogens is 354 g/mol. The number of carbonyl (C=O) groups excluding carboxylic acids is 2. The Labute approximate surface area is 159 Å². The van der Waals surface area contributed by atoms with Crippen molar-refractivity contribution in [1.29, 1.82) is 5.41 Å². The first-order valence-corrected chi connectivity index (χ1v) is 8.81. The second-order valence-electron chi connectivity index (χ2n) is 6.67. The Hall–Kier alpha value is -1.96. The van der Waals surface area contributed by atoms with Gasteiger partial charge in [0.25, 0.3) is 0 Å². The summed E-state index contributed by atoms with van der Waals surface area (Å²) in [6.45, 7) is 1.87. The normalized spacial score (nSPS) is 21.8. The van der Waals surface area contributed by atoms with E-state index in [1.807, 2.05) is 12.1 Å². The van der Waals surface area contributed by atoms with Gasteiger partial charge in [-0.25, -0.2) is 0 Å². The van der Waals surface area contributed by atoms with Crippen LogP contribution >= 0.6 is 12.4 Å². The lowest BCUT2D eigenvalue weighted by molar-refractivity contribution is -0.147. The number of rotatable bonds is 5. The summed E-state index contributed by atoms with van der Waals surface area (Å²) in [6.07, 6.45) is 3.44. The number of nitrogens with two attached hydrogens (primary N) is 1. The van der Waals surface area contributed by atoms with Crippen LogP contribution in [0, 0.1) is 5.41 Å². The van der Waals surface area contributed by atoms with Gasteiger partial charge in [0.15, 0.2) is 0 Å². The molecule has 1 aromatic rings. The standard InChI is InChI=1S/C18H25N5O2.ClH/c19-16(20)13-7-5-12(6-8-13)11-23(17(24)14-3-1-9-21-14)18(25)15-4-2-10-22-15;/h5-8,14-15,21-22H,1-4,9-11H2,(H3,19,20);1H/t14-,15-;/m0./s1. The third kappa shape index (κ3) is 4.60. The highest BCUT2D eigenvalue weighted by atomic mass is 35.5. The summed E-state index contributed by atoms with van der Waals surface area (Å²) >= 11 is 0. The van der Waals surface area contributed by atoms with Gasteiger partial charge in [-0.1, -0.05) is 24.3 Å². The van der Waals surface area contributed by atoms with Crippen LogP contribution in [0.4, 0.5) is 0 Å². The Kier molecular flexibility index (Phi) is 7.14. The first-order valence-electron chi connectivity index (χ1n) is 8.81. The highest BCUT2D eigenvalue weighted by Crippen LogP contribution is 2.17. The number of amides is 2. The maximum absolute atomic E-state index is 12.9. The molecule has 26 heavy (non-hydrogen) atoms. The maximum Gasteiger partial charge on any atom is 0.246 e. The van der Waals surface area contributed by atoms with Crippen molar-refractivity contribution in [2.75, 3.05) is 13.1 Å². The Bertz CT molecular complexity index is 624. The molecule has 2 aliphatic heterocycles. The third-order valence-corrected chi connectivity index (χ3v) is 4.85. The number of nitrogens with zero attached hydrogens (tertiary/aromatic N) is 1. The predicted octanol–water partition coefficient (Wildman–Crippen LogP) is 0.752. The molecule has 0 aliphatic carbocycles. The average Bonchev–Trinajstić information content (AvgIpc) is 3.32. The highest BCUT2D eigenvalue weighted by Gasteiger charge is 2.35. The number of amidine groups is 1. The van der Waals surface area contributed by atoms with E-state index in [1.165, 1.54) is 4.90 Å². The monoisotopic (exact) mass is 379 g/mol. The van der Waals surface area contributed by atoms with Gasteiger partial charge in [-0.3, -0.25) is 19.9 Å². The second kappa shape index (κ2) is 9.12. The van der Waals surface area contributed by atoms with Crippen molar-refractivity contribution in [3.8, 4) is 0 Å². The highest BCUT2D eigenvalue weighted by molar-refractivity contribution is 6.00. The molecule has 7 nitrogen and oxygen atoms in total. The van der Waals surface area contributed by atoms with Crippen molar-refractivity contribution in [1.82, 2.24) is 15.5 Å². The quantitative estimate of drug-likeness (QED) is 0.343.